The van der Waals surface area contributed by atoms with Crippen LogP contribution >= 0.6 is 0 Å². The molecule has 60 valence electrons. The van der Waals surface area contributed by atoms with Crippen molar-refractivity contribution in [2.45, 2.75) is 0 Å². The Bertz CT molecular complexity index is 248. The van der Waals surface area contributed by atoms with Crippen LogP contribution in [-0.4, -0.2) is 21.1 Å². The second-order valence-electron chi connectivity index (χ2n) is 3.57. The highest BCUT2D eigenvalue weighted by Gasteiger charge is 2.13. The monoisotopic (exact) mass is 151 g/mol. The number of para-hydroxylation sites is 2. The summed E-state index contributed by atoms with van der Waals surface area (Å²) < 4.78 is 0.771. The average molecular weight is 151 g/mol. The molecular formula is C9H15N2+. The van der Waals surface area contributed by atoms with Gasteiger partial charge in [-0.2, -0.15) is 0 Å². The third-order valence-electron chi connectivity index (χ3n) is 1.66. The van der Waals surface area contributed by atoms with E-state index < -0.39 is 0 Å². The van der Waals surface area contributed by atoms with Crippen molar-refractivity contribution < 1.29 is 0 Å². The fourth-order valence-corrected chi connectivity index (χ4v) is 1.10. The van der Waals surface area contributed by atoms with Crippen molar-refractivity contribution in [1.82, 2.24) is 4.48 Å². The van der Waals surface area contributed by atoms with Crippen molar-refractivity contribution in [3.63, 3.8) is 0 Å². The second kappa shape index (κ2) is 2.55. The molecule has 0 unspecified atom stereocenters. The molecule has 0 aliphatic carbocycles. The van der Waals surface area contributed by atoms with Crippen LogP contribution in [0.15, 0.2) is 24.3 Å². The molecule has 0 bridgehead atoms. The summed E-state index contributed by atoms with van der Waals surface area (Å²) in [4.78, 5) is 0. The zero-order valence-corrected chi connectivity index (χ0v) is 7.33. The molecule has 0 amide bonds. The first-order chi connectivity index (χ1) is 5.02. The lowest BCUT2D eigenvalue weighted by Gasteiger charge is -2.24. The molecule has 2 N–H and O–H groups in total. The molecule has 0 aliphatic rings. The Morgan fingerprint density at radius 2 is 1.64 bits per heavy atom. The molecule has 11 heavy (non-hydrogen) atoms. The number of benzene rings is 1. The lowest BCUT2D eigenvalue weighted by Crippen LogP contribution is -2.35. The van der Waals surface area contributed by atoms with Crippen LogP contribution in [0.4, 0.5) is 11.4 Å². The smallest absolute Gasteiger partial charge is 0.155 e. The summed E-state index contributed by atoms with van der Waals surface area (Å²) in [6, 6.07) is 7.94. The summed E-state index contributed by atoms with van der Waals surface area (Å²) in [5.74, 6) is 0. The van der Waals surface area contributed by atoms with Crippen LogP contribution in [0, 0.1) is 0 Å². The molecule has 0 spiro atoms. The molecule has 0 aliphatic heterocycles. The van der Waals surface area contributed by atoms with Gasteiger partial charge in [0.15, 0.2) is 5.69 Å². The van der Waals surface area contributed by atoms with Gasteiger partial charge in [0.2, 0.25) is 0 Å². The Morgan fingerprint density at radius 1 is 1.09 bits per heavy atom. The molecule has 0 aromatic heterocycles. The van der Waals surface area contributed by atoms with Gasteiger partial charge in [0.1, 0.15) is 0 Å². The van der Waals surface area contributed by atoms with Gasteiger partial charge in [-0.3, -0.25) is 4.48 Å². The third kappa shape index (κ3) is 1.71. The van der Waals surface area contributed by atoms with E-state index in [0.29, 0.717) is 0 Å². The highest BCUT2D eigenvalue weighted by molar-refractivity contribution is 5.64. The van der Waals surface area contributed by atoms with Crippen molar-refractivity contribution in [3.8, 4) is 0 Å². The number of nitrogens with two attached hydrogens (primary N) is 1. The van der Waals surface area contributed by atoms with E-state index in [1.165, 1.54) is 0 Å². The maximum Gasteiger partial charge on any atom is 0.155 e. The maximum atomic E-state index is 5.79. The predicted molar refractivity (Wildman–Crippen MR) is 50.4 cm³/mol. The minimum absolute atomic E-state index is 0.771. The van der Waals surface area contributed by atoms with Gasteiger partial charge in [-0.25, -0.2) is 0 Å². The summed E-state index contributed by atoms with van der Waals surface area (Å²) in [7, 11) is 6.31. The minimum atomic E-state index is 0.771. The zero-order chi connectivity index (χ0) is 8.48. The van der Waals surface area contributed by atoms with Crippen LogP contribution in [0.1, 0.15) is 0 Å². The van der Waals surface area contributed by atoms with E-state index >= 15 is 0 Å². The molecule has 0 radical (unpaired) electrons. The fraction of sp³-hybridized carbons (Fsp3) is 0.333. The quantitative estimate of drug-likeness (QED) is 0.477. The first kappa shape index (κ1) is 8.08. The minimum Gasteiger partial charge on any atom is -0.394 e. The largest absolute Gasteiger partial charge is 0.394 e. The molecule has 0 saturated carbocycles. The zero-order valence-electron chi connectivity index (χ0n) is 7.33. The topological polar surface area (TPSA) is 26.0 Å². The molecule has 0 saturated heterocycles. The molecule has 2 heteroatoms. The Kier molecular flexibility index (Phi) is 1.87. The first-order valence-corrected chi connectivity index (χ1v) is 3.68. The van der Waals surface area contributed by atoms with Gasteiger partial charge >= 0.3 is 0 Å². The van der Waals surface area contributed by atoms with Gasteiger partial charge in [-0.1, -0.05) is 12.1 Å². The fourth-order valence-electron chi connectivity index (χ4n) is 1.10. The van der Waals surface area contributed by atoms with Gasteiger partial charge in [-0.15, -0.1) is 0 Å². The Morgan fingerprint density at radius 3 is 2.00 bits per heavy atom. The number of quaternary nitrogens is 1. The van der Waals surface area contributed by atoms with Crippen molar-refractivity contribution in [3.05, 3.63) is 24.3 Å². The number of hydrogen-bond acceptors (Lipinski definition) is 1. The normalized spacial score (nSPS) is 11.5. The highest BCUT2D eigenvalue weighted by Crippen LogP contribution is 2.23. The van der Waals surface area contributed by atoms with Gasteiger partial charge in [0.25, 0.3) is 0 Å². The number of nitrogens with zero attached hydrogens (tertiary/aromatic N) is 1. The van der Waals surface area contributed by atoms with E-state index in [1.54, 1.807) is 0 Å². The molecule has 1 rings (SSSR count). The third-order valence-corrected chi connectivity index (χ3v) is 1.66. The molecule has 1 aromatic carbocycles. The Labute approximate surface area is 67.8 Å². The highest BCUT2D eigenvalue weighted by atomic mass is 15.3. The molecule has 1 aromatic rings. The van der Waals surface area contributed by atoms with Crippen molar-refractivity contribution in [1.29, 1.82) is 0 Å². The van der Waals surface area contributed by atoms with Crippen LogP contribution in [0.5, 0.6) is 0 Å². The molecule has 2 nitrogen and oxygen atoms in total. The van der Waals surface area contributed by atoms with E-state index in [4.69, 9.17) is 5.73 Å². The van der Waals surface area contributed by atoms with Crippen molar-refractivity contribution >= 4 is 11.4 Å². The lowest BCUT2D eigenvalue weighted by atomic mass is 10.2. The van der Waals surface area contributed by atoms with E-state index in [-0.39, 0.29) is 0 Å². The summed E-state index contributed by atoms with van der Waals surface area (Å²) in [6.07, 6.45) is 0. The molecule has 0 fully saturated rings. The second-order valence-corrected chi connectivity index (χ2v) is 3.57. The predicted octanol–water partition coefficient (Wildman–Crippen LogP) is 1.47. The summed E-state index contributed by atoms with van der Waals surface area (Å²) in [5.41, 5.74) is 7.81. The number of rotatable bonds is 1. The van der Waals surface area contributed by atoms with Gasteiger partial charge in [0.05, 0.1) is 26.8 Å². The van der Waals surface area contributed by atoms with E-state index in [9.17, 15) is 0 Å². The first-order valence-electron chi connectivity index (χ1n) is 3.68. The Balaban J connectivity index is 3.14. The number of nitrogen functional groups attached to an aromatic ring is 1. The van der Waals surface area contributed by atoms with Crippen molar-refractivity contribution in [2.75, 3.05) is 26.9 Å². The van der Waals surface area contributed by atoms with Gasteiger partial charge < -0.3 is 5.73 Å². The van der Waals surface area contributed by atoms with Crippen LogP contribution < -0.4 is 10.2 Å². The van der Waals surface area contributed by atoms with Crippen molar-refractivity contribution in [2.24, 2.45) is 0 Å². The molecule has 0 atom stereocenters. The van der Waals surface area contributed by atoms with Crippen LogP contribution in [0.2, 0.25) is 0 Å². The van der Waals surface area contributed by atoms with Crippen LogP contribution in [0.3, 0.4) is 0 Å². The summed E-state index contributed by atoms with van der Waals surface area (Å²) >= 11 is 0. The van der Waals surface area contributed by atoms with Gasteiger partial charge in [0, 0.05) is 6.07 Å². The summed E-state index contributed by atoms with van der Waals surface area (Å²) in [5, 5.41) is 0. The number of anilines is 1. The number of hydrogen-bond donors (Lipinski definition) is 1. The maximum absolute atomic E-state index is 5.79. The van der Waals surface area contributed by atoms with E-state index in [2.05, 4.69) is 27.2 Å². The average Bonchev–Trinajstić information content (AvgIpc) is 1.86. The van der Waals surface area contributed by atoms with Crippen LogP contribution in [-0.2, 0) is 0 Å². The van der Waals surface area contributed by atoms with Gasteiger partial charge in [-0.05, 0) is 6.07 Å². The standard InChI is InChI=1S/C9H15N2/c1-11(2,3)9-7-5-4-6-8(9)10/h4-7H,10H2,1-3H3/q+1. The molecular weight excluding hydrogens is 136 g/mol. The van der Waals surface area contributed by atoms with E-state index in [0.717, 1.165) is 15.9 Å². The van der Waals surface area contributed by atoms with Crippen LogP contribution in [0.25, 0.3) is 0 Å². The van der Waals surface area contributed by atoms with E-state index in [1.807, 2.05) is 18.2 Å². The SMILES string of the molecule is C[N+](C)(C)c1ccccc1N. The Hall–Kier alpha value is -1.02. The summed E-state index contributed by atoms with van der Waals surface area (Å²) in [6.45, 7) is 0. The molecule has 0 heterocycles. The lowest BCUT2D eigenvalue weighted by molar-refractivity contribution is 0.488.